The molecule has 0 aliphatic carbocycles. The van der Waals surface area contributed by atoms with Crippen molar-refractivity contribution < 1.29 is 15.3 Å². The molecular formula is C44H87N3O3. The van der Waals surface area contributed by atoms with Gasteiger partial charge in [-0.2, -0.15) is 0 Å². The van der Waals surface area contributed by atoms with E-state index in [0.717, 1.165) is 51.2 Å². The second-order valence-corrected chi connectivity index (χ2v) is 14.8. The predicted molar refractivity (Wildman–Crippen MR) is 220 cm³/mol. The Morgan fingerprint density at radius 1 is 0.560 bits per heavy atom. The maximum Gasteiger partial charge on any atom is 0.123 e. The van der Waals surface area contributed by atoms with Crippen LogP contribution in [0.5, 0.6) is 0 Å². The van der Waals surface area contributed by atoms with E-state index in [9.17, 15) is 0 Å². The first-order chi connectivity index (χ1) is 24.7. The third-order valence-corrected chi connectivity index (χ3v) is 10.1. The smallest absolute Gasteiger partial charge is 0.123 e. The number of nitrogens with zero attached hydrogens (tertiary/aromatic N) is 2. The SMILES string of the molecule is CCCCCCCCCCCCCCCC=CC1=NCCN1CCO.NCCCCCCCC/C=C\CCCCCCCC(CCO)CCO. The summed E-state index contributed by atoms with van der Waals surface area (Å²) in [5.74, 6) is 1.57. The number of allylic oxidation sites excluding steroid dienone is 3. The molecule has 5 N–H and O–H groups in total. The number of aliphatic hydroxyl groups excluding tert-OH is 3. The van der Waals surface area contributed by atoms with Crippen LogP contribution in [0, 0.1) is 5.92 Å². The Morgan fingerprint density at radius 2 is 1.00 bits per heavy atom. The van der Waals surface area contributed by atoms with Gasteiger partial charge in [0.05, 0.1) is 13.2 Å². The third-order valence-electron chi connectivity index (χ3n) is 10.1. The monoisotopic (exact) mass is 706 g/mol. The van der Waals surface area contributed by atoms with Gasteiger partial charge >= 0.3 is 0 Å². The molecule has 0 fully saturated rings. The van der Waals surface area contributed by atoms with Crippen molar-refractivity contribution in [1.29, 1.82) is 0 Å². The summed E-state index contributed by atoms with van der Waals surface area (Å²) < 4.78 is 0. The first kappa shape index (κ1) is 48.8. The Balaban J connectivity index is 0.000000960. The van der Waals surface area contributed by atoms with Crippen molar-refractivity contribution in [2.45, 2.75) is 200 Å². The summed E-state index contributed by atoms with van der Waals surface area (Å²) in [5.41, 5.74) is 5.49. The van der Waals surface area contributed by atoms with Gasteiger partial charge in [-0.25, -0.2) is 0 Å². The van der Waals surface area contributed by atoms with Gasteiger partial charge in [0, 0.05) is 26.3 Å². The molecule has 0 radical (unpaired) electrons. The number of nitrogens with two attached hydrogens (primary N) is 1. The highest BCUT2D eigenvalue weighted by Crippen LogP contribution is 2.18. The van der Waals surface area contributed by atoms with E-state index in [1.165, 1.54) is 167 Å². The van der Waals surface area contributed by atoms with E-state index in [2.05, 4.69) is 41.1 Å². The first-order valence-electron chi connectivity index (χ1n) is 21.9. The van der Waals surface area contributed by atoms with Crippen LogP contribution in [0.1, 0.15) is 200 Å². The number of aliphatic hydroxyl groups is 3. The molecule has 6 nitrogen and oxygen atoms in total. The molecular weight excluding hydrogens is 619 g/mol. The molecule has 1 aliphatic rings. The highest BCUT2D eigenvalue weighted by Gasteiger charge is 2.12. The molecule has 6 heteroatoms. The summed E-state index contributed by atoms with van der Waals surface area (Å²) in [4.78, 5) is 6.65. The van der Waals surface area contributed by atoms with Crippen LogP contribution in [0.3, 0.4) is 0 Å². The van der Waals surface area contributed by atoms with E-state index in [-0.39, 0.29) is 19.8 Å². The number of β-amino-alcohol motifs (C(OH)–C–C–N with tert-alkyl or cyclic N) is 1. The largest absolute Gasteiger partial charge is 0.396 e. The maximum absolute atomic E-state index is 9.03. The molecule has 0 aromatic carbocycles. The average Bonchev–Trinajstić information content (AvgIpc) is 3.57. The molecule has 0 bridgehead atoms. The molecule has 0 aromatic heterocycles. The first-order valence-corrected chi connectivity index (χ1v) is 21.9. The Bertz CT molecular complexity index is 736. The van der Waals surface area contributed by atoms with Crippen molar-refractivity contribution in [3.05, 3.63) is 24.3 Å². The van der Waals surface area contributed by atoms with Crippen LogP contribution >= 0.6 is 0 Å². The zero-order valence-electron chi connectivity index (χ0n) is 33.4. The standard InChI is InChI=1S/C22H42N2O.C22H45NO2/c1-2-3-4-5-6-7-8-9-10-11-12-13-14-15-16-17-22-23-18-19-24(22)20-21-25;23-19-15-13-11-9-7-5-3-1-2-4-6-8-10-12-14-16-22(17-20-24)18-21-25/h16-17,25H,2-15,18-21H2,1H3;1-2,22,24-25H,3-21,23H2/b;2-1-. The number of amidine groups is 1. The highest BCUT2D eigenvalue weighted by atomic mass is 16.3. The minimum atomic E-state index is 0.214. The lowest BCUT2D eigenvalue weighted by Gasteiger charge is -2.16. The quantitative estimate of drug-likeness (QED) is 0.0381. The lowest BCUT2D eigenvalue weighted by Crippen LogP contribution is -2.29. The van der Waals surface area contributed by atoms with Crippen molar-refractivity contribution in [2.75, 3.05) is 46.0 Å². The normalized spacial score (nSPS) is 13.2. The minimum Gasteiger partial charge on any atom is -0.396 e. The van der Waals surface area contributed by atoms with Crippen molar-refractivity contribution in [2.24, 2.45) is 16.6 Å². The number of rotatable bonds is 37. The molecule has 0 amide bonds. The second-order valence-electron chi connectivity index (χ2n) is 14.8. The zero-order valence-corrected chi connectivity index (χ0v) is 33.4. The Labute approximate surface area is 311 Å². The summed E-state index contributed by atoms with van der Waals surface area (Å²) in [7, 11) is 0. The number of hydrogen-bond acceptors (Lipinski definition) is 6. The molecule has 0 saturated carbocycles. The minimum absolute atomic E-state index is 0.214. The van der Waals surface area contributed by atoms with Gasteiger partial charge in [0.25, 0.3) is 0 Å². The molecule has 0 atom stereocenters. The van der Waals surface area contributed by atoms with Crippen LogP contribution in [-0.2, 0) is 0 Å². The summed E-state index contributed by atoms with van der Waals surface area (Å²) in [6, 6.07) is 0. The fourth-order valence-corrected chi connectivity index (χ4v) is 6.85. The van der Waals surface area contributed by atoms with Crippen molar-refractivity contribution >= 4 is 5.84 Å². The zero-order chi connectivity index (χ0) is 36.4. The van der Waals surface area contributed by atoms with E-state index in [4.69, 9.17) is 21.1 Å². The van der Waals surface area contributed by atoms with E-state index in [0.29, 0.717) is 12.5 Å². The van der Waals surface area contributed by atoms with Crippen LogP contribution in [0.15, 0.2) is 29.3 Å². The van der Waals surface area contributed by atoms with Crippen molar-refractivity contribution in [1.82, 2.24) is 4.90 Å². The van der Waals surface area contributed by atoms with E-state index < -0.39 is 0 Å². The molecule has 1 rings (SSSR count). The van der Waals surface area contributed by atoms with Gasteiger partial charge in [0.15, 0.2) is 0 Å². The Hall–Kier alpha value is -1.21. The van der Waals surface area contributed by atoms with E-state index in [1.54, 1.807) is 0 Å². The molecule has 1 heterocycles. The molecule has 0 spiro atoms. The summed E-state index contributed by atoms with van der Waals surface area (Å²) in [6.45, 7) is 6.39. The lowest BCUT2D eigenvalue weighted by molar-refractivity contribution is 0.207. The molecule has 296 valence electrons. The molecule has 50 heavy (non-hydrogen) atoms. The number of unbranched alkanes of at least 4 members (excludes halogenated alkanes) is 24. The third kappa shape index (κ3) is 35.2. The van der Waals surface area contributed by atoms with Gasteiger partial charge in [-0.1, -0.05) is 160 Å². The molecule has 1 aliphatic heterocycles. The van der Waals surface area contributed by atoms with Gasteiger partial charge in [-0.05, 0) is 76.3 Å². The Kier molecular flexibility index (Phi) is 41.2. The molecule has 0 unspecified atom stereocenters. The highest BCUT2D eigenvalue weighted by molar-refractivity contribution is 5.94. The van der Waals surface area contributed by atoms with Crippen LogP contribution in [-0.4, -0.2) is 72.1 Å². The van der Waals surface area contributed by atoms with Gasteiger partial charge in [-0.15, -0.1) is 0 Å². The number of hydrogen-bond donors (Lipinski definition) is 4. The topological polar surface area (TPSA) is 102 Å². The van der Waals surface area contributed by atoms with E-state index in [1.807, 2.05) is 0 Å². The molecule has 0 saturated heterocycles. The van der Waals surface area contributed by atoms with Crippen molar-refractivity contribution in [3.63, 3.8) is 0 Å². The van der Waals surface area contributed by atoms with Crippen LogP contribution in [0.4, 0.5) is 0 Å². The van der Waals surface area contributed by atoms with Gasteiger partial charge in [-0.3, -0.25) is 4.99 Å². The lowest BCUT2D eigenvalue weighted by atomic mass is 9.95. The van der Waals surface area contributed by atoms with Crippen molar-refractivity contribution in [3.8, 4) is 0 Å². The van der Waals surface area contributed by atoms with Gasteiger partial charge in [0.1, 0.15) is 5.84 Å². The summed E-state index contributed by atoms with van der Waals surface area (Å²) >= 11 is 0. The van der Waals surface area contributed by atoms with Crippen LogP contribution in [0.25, 0.3) is 0 Å². The fraction of sp³-hybridized carbons (Fsp3) is 0.886. The van der Waals surface area contributed by atoms with Crippen LogP contribution in [0.2, 0.25) is 0 Å². The fourth-order valence-electron chi connectivity index (χ4n) is 6.85. The number of aliphatic imine (C=N–C) groups is 1. The predicted octanol–water partition coefficient (Wildman–Crippen LogP) is 11.1. The summed E-state index contributed by atoms with van der Waals surface area (Å²) in [6.07, 6.45) is 48.4. The second kappa shape index (κ2) is 42.2. The van der Waals surface area contributed by atoms with Gasteiger partial charge in [0.2, 0.25) is 0 Å². The summed E-state index contributed by atoms with van der Waals surface area (Å²) in [5, 5.41) is 27.0. The average molecular weight is 706 g/mol. The maximum atomic E-state index is 9.03. The van der Waals surface area contributed by atoms with Crippen LogP contribution < -0.4 is 5.73 Å². The van der Waals surface area contributed by atoms with Gasteiger partial charge < -0.3 is 26.0 Å². The van der Waals surface area contributed by atoms with E-state index >= 15 is 0 Å². The molecule has 0 aromatic rings. The Morgan fingerprint density at radius 3 is 1.46 bits per heavy atom.